The number of imide groups is 1. The summed E-state index contributed by atoms with van der Waals surface area (Å²) in [6.45, 7) is 0.637. The summed E-state index contributed by atoms with van der Waals surface area (Å²) in [5, 5.41) is 0.579. The van der Waals surface area contributed by atoms with Crippen molar-refractivity contribution in [3.63, 3.8) is 0 Å². The third kappa shape index (κ3) is 2.30. The molecule has 4 rings (SSSR count). The van der Waals surface area contributed by atoms with Gasteiger partial charge in [-0.3, -0.25) is 4.79 Å². The fourth-order valence-corrected chi connectivity index (χ4v) is 3.56. The molecule has 23 heavy (non-hydrogen) atoms. The van der Waals surface area contributed by atoms with Gasteiger partial charge in [0, 0.05) is 11.6 Å². The topological polar surface area (TPSA) is 40.6 Å². The van der Waals surface area contributed by atoms with Gasteiger partial charge in [-0.15, -0.1) is 0 Å². The molecule has 3 amide bonds. The van der Waals surface area contributed by atoms with Gasteiger partial charge in [0.05, 0.1) is 18.2 Å². The number of carbonyl (C=O) groups is 2. The molecule has 0 unspecified atom stereocenters. The molecular formula is C18H15ClN2O2. The smallest absolute Gasteiger partial charge is 0.316 e. The zero-order valence-corrected chi connectivity index (χ0v) is 13.2. The average Bonchev–Trinajstić information content (AvgIpc) is 2.56. The molecule has 2 aliphatic heterocycles. The minimum absolute atomic E-state index is 0.150. The highest BCUT2D eigenvalue weighted by Gasteiger charge is 2.42. The van der Waals surface area contributed by atoms with Crippen molar-refractivity contribution in [1.82, 2.24) is 4.90 Å². The lowest BCUT2D eigenvalue weighted by molar-refractivity contribution is -0.120. The van der Waals surface area contributed by atoms with Crippen LogP contribution in [-0.4, -0.2) is 23.4 Å². The molecule has 5 heteroatoms. The number of nitrogens with zero attached hydrogens (tertiary/aromatic N) is 2. The highest BCUT2D eigenvalue weighted by atomic mass is 35.5. The molecule has 1 saturated heterocycles. The van der Waals surface area contributed by atoms with Crippen LogP contribution in [-0.2, 0) is 11.2 Å². The fourth-order valence-electron chi connectivity index (χ4n) is 3.44. The molecule has 0 saturated carbocycles. The van der Waals surface area contributed by atoms with E-state index in [0.29, 0.717) is 23.7 Å². The lowest BCUT2D eigenvalue weighted by atomic mass is 9.89. The van der Waals surface area contributed by atoms with E-state index in [2.05, 4.69) is 6.07 Å². The number of halogens is 1. The molecule has 0 N–H and O–H groups in total. The molecule has 116 valence electrons. The lowest BCUT2D eigenvalue weighted by Crippen LogP contribution is -2.55. The van der Waals surface area contributed by atoms with Gasteiger partial charge in [-0.2, -0.15) is 0 Å². The predicted octanol–water partition coefficient (Wildman–Crippen LogP) is 3.80. The molecule has 0 aromatic heterocycles. The Bertz CT molecular complexity index is 788. The molecule has 1 atom stereocenters. The van der Waals surface area contributed by atoms with Crippen LogP contribution in [0.2, 0.25) is 5.02 Å². The Labute approximate surface area is 139 Å². The Morgan fingerprint density at radius 3 is 2.52 bits per heavy atom. The van der Waals surface area contributed by atoms with Crippen LogP contribution in [0.25, 0.3) is 0 Å². The van der Waals surface area contributed by atoms with Crippen LogP contribution in [0.4, 0.5) is 10.5 Å². The number of anilines is 1. The largest absolute Gasteiger partial charge is 0.331 e. The van der Waals surface area contributed by atoms with Crippen molar-refractivity contribution in [2.45, 2.75) is 18.9 Å². The number of carbonyl (C=O) groups excluding carboxylic acids is 2. The van der Waals surface area contributed by atoms with E-state index in [1.807, 2.05) is 18.2 Å². The van der Waals surface area contributed by atoms with Crippen molar-refractivity contribution < 1.29 is 9.59 Å². The number of hydrogen-bond acceptors (Lipinski definition) is 2. The van der Waals surface area contributed by atoms with Crippen LogP contribution in [0.5, 0.6) is 0 Å². The van der Waals surface area contributed by atoms with Crippen LogP contribution in [0.1, 0.15) is 23.6 Å². The van der Waals surface area contributed by atoms with Gasteiger partial charge >= 0.3 is 6.03 Å². The maximum atomic E-state index is 12.9. The maximum Gasteiger partial charge on any atom is 0.331 e. The van der Waals surface area contributed by atoms with Crippen molar-refractivity contribution in [3.8, 4) is 0 Å². The van der Waals surface area contributed by atoms with E-state index in [-0.39, 0.29) is 18.0 Å². The number of hydrogen-bond donors (Lipinski definition) is 0. The zero-order chi connectivity index (χ0) is 16.0. The Balaban J connectivity index is 1.70. The number of urea groups is 1. The molecule has 1 fully saturated rings. The minimum atomic E-state index is -0.247. The third-order valence-electron chi connectivity index (χ3n) is 4.55. The quantitative estimate of drug-likeness (QED) is 0.800. The van der Waals surface area contributed by atoms with Gasteiger partial charge in [-0.05, 0) is 41.8 Å². The lowest BCUT2D eigenvalue weighted by Gasteiger charge is -2.43. The van der Waals surface area contributed by atoms with E-state index in [0.717, 1.165) is 12.0 Å². The maximum absolute atomic E-state index is 12.9. The molecule has 0 bridgehead atoms. The predicted molar refractivity (Wildman–Crippen MR) is 88.5 cm³/mol. The molecule has 2 aromatic carbocycles. The molecule has 4 nitrogen and oxygen atoms in total. The fraction of sp³-hybridized carbons (Fsp3) is 0.222. The molecular weight excluding hydrogens is 312 g/mol. The summed E-state index contributed by atoms with van der Waals surface area (Å²) in [4.78, 5) is 28.5. The van der Waals surface area contributed by atoms with Gasteiger partial charge in [0.25, 0.3) is 0 Å². The molecule has 2 aromatic rings. The van der Waals surface area contributed by atoms with Gasteiger partial charge in [0.2, 0.25) is 5.91 Å². The highest BCUT2D eigenvalue weighted by molar-refractivity contribution is 6.30. The summed E-state index contributed by atoms with van der Waals surface area (Å²) in [7, 11) is 0. The first-order valence-corrected chi connectivity index (χ1v) is 8.00. The van der Waals surface area contributed by atoms with Crippen LogP contribution in [0.3, 0.4) is 0 Å². The minimum Gasteiger partial charge on any atom is -0.316 e. The summed E-state index contributed by atoms with van der Waals surface area (Å²) < 4.78 is 0. The van der Waals surface area contributed by atoms with E-state index in [1.165, 1.54) is 10.5 Å². The molecule has 2 aliphatic rings. The zero-order valence-electron chi connectivity index (χ0n) is 12.4. The summed E-state index contributed by atoms with van der Waals surface area (Å²) in [6, 6.07) is 14.4. The van der Waals surface area contributed by atoms with Gasteiger partial charge in [-0.25, -0.2) is 9.69 Å². The normalized spacial score (nSPS) is 20.3. The van der Waals surface area contributed by atoms with E-state index in [4.69, 9.17) is 11.6 Å². The van der Waals surface area contributed by atoms with Crippen molar-refractivity contribution in [1.29, 1.82) is 0 Å². The SMILES string of the molecule is O=C1C[C@H]2c3ccccc3CCN2C(=O)N1c1ccc(Cl)cc1. The molecule has 0 radical (unpaired) electrons. The van der Waals surface area contributed by atoms with Gasteiger partial charge in [0.15, 0.2) is 0 Å². The van der Waals surface area contributed by atoms with E-state index < -0.39 is 0 Å². The summed E-state index contributed by atoms with van der Waals surface area (Å²) >= 11 is 5.89. The molecule has 2 heterocycles. The second-order valence-corrected chi connectivity index (χ2v) is 6.29. The number of rotatable bonds is 1. The highest BCUT2D eigenvalue weighted by Crippen LogP contribution is 2.37. The Morgan fingerprint density at radius 2 is 1.74 bits per heavy atom. The standard InChI is InChI=1S/C18H15ClN2O2/c19-13-5-7-14(8-6-13)21-17(22)11-16-15-4-2-1-3-12(15)9-10-20(16)18(21)23/h1-8,16H,9-11H2/t16-/m0/s1. The van der Waals surface area contributed by atoms with Gasteiger partial charge in [0.1, 0.15) is 0 Å². The Kier molecular flexibility index (Phi) is 3.34. The molecule has 0 aliphatic carbocycles. The van der Waals surface area contributed by atoms with Gasteiger partial charge in [-0.1, -0.05) is 35.9 Å². The van der Waals surface area contributed by atoms with Crippen LogP contribution in [0.15, 0.2) is 48.5 Å². The van der Waals surface area contributed by atoms with Crippen LogP contribution >= 0.6 is 11.6 Å². The van der Waals surface area contributed by atoms with Crippen LogP contribution in [0, 0.1) is 0 Å². The van der Waals surface area contributed by atoms with Crippen molar-refractivity contribution in [2.75, 3.05) is 11.4 Å². The first-order chi connectivity index (χ1) is 11.1. The third-order valence-corrected chi connectivity index (χ3v) is 4.80. The van der Waals surface area contributed by atoms with Gasteiger partial charge < -0.3 is 4.90 Å². The number of amides is 3. The summed E-state index contributed by atoms with van der Waals surface area (Å²) in [5.41, 5.74) is 2.90. The van der Waals surface area contributed by atoms with Crippen molar-refractivity contribution >= 4 is 29.2 Å². The Morgan fingerprint density at radius 1 is 1.00 bits per heavy atom. The van der Waals surface area contributed by atoms with Crippen molar-refractivity contribution in [3.05, 3.63) is 64.7 Å². The first kappa shape index (κ1) is 14.3. The van der Waals surface area contributed by atoms with E-state index in [9.17, 15) is 9.59 Å². The second-order valence-electron chi connectivity index (χ2n) is 5.85. The van der Waals surface area contributed by atoms with E-state index >= 15 is 0 Å². The van der Waals surface area contributed by atoms with E-state index in [1.54, 1.807) is 29.2 Å². The van der Waals surface area contributed by atoms with Crippen LogP contribution < -0.4 is 4.90 Å². The summed E-state index contributed by atoms with van der Waals surface area (Å²) in [5.74, 6) is -0.171. The number of fused-ring (bicyclic) bond motifs is 3. The molecule has 0 spiro atoms. The first-order valence-electron chi connectivity index (χ1n) is 7.62. The summed E-state index contributed by atoms with van der Waals surface area (Å²) in [6.07, 6.45) is 1.13. The monoisotopic (exact) mass is 326 g/mol. The average molecular weight is 327 g/mol. The number of benzene rings is 2. The van der Waals surface area contributed by atoms with Crippen molar-refractivity contribution in [2.24, 2.45) is 0 Å². The Hall–Kier alpha value is -2.33. The second kappa shape index (κ2) is 5.39.